The number of carbonyl (C=O) groups is 1. The summed E-state index contributed by atoms with van der Waals surface area (Å²) in [6.45, 7) is 0.857. The van der Waals surface area contributed by atoms with Crippen LogP contribution in [0.4, 0.5) is 8.78 Å². The molecule has 1 aliphatic heterocycles. The molecule has 0 bridgehead atoms. The molecule has 126 valence electrons. The first-order valence-electron chi connectivity index (χ1n) is 7.86. The van der Waals surface area contributed by atoms with Crippen LogP contribution in [-0.2, 0) is 7.05 Å². The van der Waals surface area contributed by atoms with Crippen molar-refractivity contribution >= 4 is 5.91 Å². The number of pyridine rings is 1. The fourth-order valence-electron chi connectivity index (χ4n) is 3.11. The molecule has 1 atom stereocenters. The maximum atomic E-state index is 14.0. The molecule has 1 saturated heterocycles. The number of aryl methyl sites for hydroxylation is 1. The fraction of sp³-hybridized carbons (Fsp3) is 0.333. The average Bonchev–Trinajstić information content (AvgIpc) is 2.59. The molecule has 24 heavy (non-hydrogen) atoms. The molecular weight excluding hydrogens is 314 g/mol. The Labute approximate surface area is 138 Å². The van der Waals surface area contributed by atoms with Crippen LogP contribution in [0.25, 0.3) is 0 Å². The maximum Gasteiger partial charge on any atom is 0.254 e. The smallest absolute Gasteiger partial charge is 0.254 e. The summed E-state index contributed by atoms with van der Waals surface area (Å²) >= 11 is 0. The topological polar surface area (TPSA) is 42.3 Å². The number of piperidine rings is 1. The fourth-order valence-corrected chi connectivity index (χ4v) is 3.11. The van der Waals surface area contributed by atoms with Crippen LogP contribution >= 0.6 is 0 Å². The molecule has 6 heteroatoms. The van der Waals surface area contributed by atoms with Gasteiger partial charge in [-0.15, -0.1) is 0 Å². The molecule has 2 aromatic rings. The molecule has 1 fully saturated rings. The van der Waals surface area contributed by atoms with E-state index < -0.39 is 11.6 Å². The Morgan fingerprint density at radius 1 is 1.21 bits per heavy atom. The van der Waals surface area contributed by atoms with Gasteiger partial charge in [-0.3, -0.25) is 9.59 Å². The number of carbonyl (C=O) groups excluding carboxylic acids is 1. The molecule has 3 rings (SSSR count). The van der Waals surface area contributed by atoms with E-state index in [9.17, 15) is 18.4 Å². The van der Waals surface area contributed by atoms with Crippen molar-refractivity contribution in [3.05, 3.63) is 69.6 Å². The SMILES string of the molecule is Cn1ccc(C(=O)N2CCCC(c3cc(F)ccc3F)C2)cc1=O. The van der Waals surface area contributed by atoms with Crippen LogP contribution in [0.2, 0.25) is 0 Å². The summed E-state index contributed by atoms with van der Waals surface area (Å²) in [4.78, 5) is 25.9. The molecule has 0 radical (unpaired) electrons. The number of rotatable bonds is 2. The predicted molar refractivity (Wildman–Crippen MR) is 85.9 cm³/mol. The zero-order valence-electron chi connectivity index (χ0n) is 13.3. The van der Waals surface area contributed by atoms with Gasteiger partial charge in [0.1, 0.15) is 11.6 Å². The number of hydrogen-bond donors (Lipinski definition) is 0. The normalized spacial score (nSPS) is 17.8. The van der Waals surface area contributed by atoms with Crippen molar-refractivity contribution in [1.82, 2.24) is 9.47 Å². The number of amides is 1. The minimum absolute atomic E-state index is 0.245. The lowest BCUT2D eigenvalue weighted by atomic mass is 9.90. The maximum absolute atomic E-state index is 14.0. The molecule has 1 aliphatic rings. The largest absolute Gasteiger partial charge is 0.338 e. The summed E-state index contributed by atoms with van der Waals surface area (Å²) in [6, 6.07) is 6.30. The zero-order chi connectivity index (χ0) is 17.3. The number of halogens is 2. The van der Waals surface area contributed by atoms with E-state index in [0.29, 0.717) is 37.1 Å². The molecule has 2 heterocycles. The first kappa shape index (κ1) is 16.4. The number of nitrogens with zero attached hydrogens (tertiary/aromatic N) is 2. The third-order valence-corrected chi connectivity index (χ3v) is 4.46. The average molecular weight is 332 g/mol. The Kier molecular flexibility index (Phi) is 4.46. The molecule has 0 spiro atoms. The van der Waals surface area contributed by atoms with Gasteiger partial charge in [0, 0.05) is 43.9 Å². The highest BCUT2D eigenvalue weighted by atomic mass is 19.1. The summed E-state index contributed by atoms with van der Waals surface area (Å²) in [7, 11) is 1.61. The molecule has 0 aliphatic carbocycles. The first-order chi connectivity index (χ1) is 11.5. The van der Waals surface area contributed by atoms with Gasteiger partial charge in [-0.05, 0) is 42.7 Å². The highest BCUT2D eigenvalue weighted by Crippen LogP contribution is 2.29. The van der Waals surface area contributed by atoms with Crippen molar-refractivity contribution < 1.29 is 13.6 Å². The Balaban J connectivity index is 1.82. The van der Waals surface area contributed by atoms with E-state index in [1.165, 1.54) is 16.7 Å². The lowest BCUT2D eigenvalue weighted by Crippen LogP contribution is -2.39. The first-order valence-corrected chi connectivity index (χ1v) is 7.86. The zero-order valence-corrected chi connectivity index (χ0v) is 13.3. The summed E-state index contributed by atoms with van der Waals surface area (Å²) < 4.78 is 28.8. The summed E-state index contributed by atoms with van der Waals surface area (Å²) in [5.74, 6) is -1.44. The van der Waals surface area contributed by atoms with Crippen molar-refractivity contribution in [1.29, 1.82) is 0 Å². The van der Waals surface area contributed by atoms with E-state index in [2.05, 4.69) is 0 Å². The van der Waals surface area contributed by atoms with Gasteiger partial charge in [0.25, 0.3) is 11.5 Å². The lowest BCUT2D eigenvalue weighted by Gasteiger charge is -2.33. The van der Waals surface area contributed by atoms with Crippen molar-refractivity contribution in [2.24, 2.45) is 7.05 Å². The third kappa shape index (κ3) is 3.22. The van der Waals surface area contributed by atoms with Gasteiger partial charge in [0.2, 0.25) is 0 Å². The summed E-state index contributed by atoms with van der Waals surface area (Å²) in [6.07, 6.45) is 2.95. The standard InChI is InChI=1S/C18H18F2N2O2/c1-21-8-6-12(9-17(21)23)18(24)22-7-2-3-13(11-22)15-10-14(19)4-5-16(15)20/h4-6,8-10,13H,2-3,7,11H2,1H3. The lowest BCUT2D eigenvalue weighted by molar-refractivity contribution is 0.0705. The highest BCUT2D eigenvalue weighted by molar-refractivity contribution is 5.94. The highest BCUT2D eigenvalue weighted by Gasteiger charge is 2.27. The Morgan fingerprint density at radius 2 is 2.00 bits per heavy atom. The molecule has 0 N–H and O–H groups in total. The second-order valence-corrected chi connectivity index (χ2v) is 6.12. The second kappa shape index (κ2) is 6.55. The van der Waals surface area contributed by atoms with E-state index in [4.69, 9.17) is 0 Å². The van der Waals surface area contributed by atoms with E-state index in [0.717, 1.165) is 12.1 Å². The van der Waals surface area contributed by atoms with Gasteiger partial charge >= 0.3 is 0 Å². The minimum atomic E-state index is -0.485. The van der Waals surface area contributed by atoms with E-state index in [-0.39, 0.29) is 17.4 Å². The van der Waals surface area contributed by atoms with Gasteiger partial charge in [-0.1, -0.05) is 0 Å². The molecule has 1 aromatic carbocycles. The Hall–Kier alpha value is -2.50. The van der Waals surface area contributed by atoms with Crippen LogP contribution < -0.4 is 5.56 Å². The second-order valence-electron chi connectivity index (χ2n) is 6.12. The Bertz CT molecular complexity index is 832. The summed E-state index contributed by atoms with van der Waals surface area (Å²) in [5, 5.41) is 0. The van der Waals surface area contributed by atoms with Crippen LogP contribution in [-0.4, -0.2) is 28.5 Å². The molecular formula is C18H18F2N2O2. The van der Waals surface area contributed by atoms with Crippen LogP contribution in [0.15, 0.2) is 41.3 Å². The number of aromatic nitrogens is 1. The van der Waals surface area contributed by atoms with Gasteiger partial charge < -0.3 is 9.47 Å². The third-order valence-electron chi connectivity index (χ3n) is 4.46. The molecule has 1 unspecified atom stereocenters. The quantitative estimate of drug-likeness (QED) is 0.848. The van der Waals surface area contributed by atoms with Gasteiger partial charge in [0.15, 0.2) is 0 Å². The van der Waals surface area contributed by atoms with Crippen molar-refractivity contribution in [3.8, 4) is 0 Å². The van der Waals surface area contributed by atoms with Gasteiger partial charge in [-0.25, -0.2) is 8.78 Å². The predicted octanol–water partition coefficient (Wildman–Crippen LogP) is 2.68. The monoisotopic (exact) mass is 332 g/mol. The number of likely N-dealkylation sites (tertiary alicyclic amines) is 1. The van der Waals surface area contributed by atoms with Crippen molar-refractivity contribution in [3.63, 3.8) is 0 Å². The van der Waals surface area contributed by atoms with Crippen molar-refractivity contribution in [2.75, 3.05) is 13.1 Å². The molecule has 0 saturated carbocycles. The number of benzene rings is 1. The number of hydrogen-bond acceptors (Lipinski definition) is 2. The van der Waals surface area contributed by atoms with Crippen LogP contribution in [0.3, 0.4) is 0 Å². The molecule has 1 aromatic heterocycles. The minimum Gasteiger partial charge on any atom is -0.338 e. The van der Waals surface area contributed by atoms with Gasteiger partial charge in [-0.2, -0.15) is 0 Å². The van der Waals surface area contributed by atoms with Crippen LogP contribution in [0.5, 0.6) is 0 Å². The Morgan fingerprint density at radius 3 is 2.75 bits per heavy atom. The van der Waals surface area contributed by atoms with E-state index >= 15 is 0 Å². The van der Waals surface area contributed by atoms with E-state index in [1.807, 2.05) is 0 Å². The van der Waals surface area contributed by atoms with Crippen LogP contribution in [0.1, 0.15) is 34.7 Å². The summed E-state index contributed by atoms with van der Waals surface area (Å²) in [5.41, 5.74) is 0.362. The van der Waals surface area contributed by atoms with Crippen LogP contribution in [0, 0.1) is 11.6 Å². The molecule has 4 nitrogen and oxygen atoms in total. The van der Waals surface area contributed by atoms with Gasteiger partial charge in [0.05, 0.1) is 0 Å². The molecule has 1 amide bonds. The van der Waals surface area contributed by atoms with E-state index in [1.54, 1.807) is 24.2 Å². The van der Waals surface area contributed by atoms with Crippen molar-refractivity contribution in [2.45, 2.75) is 18.8 Å².